The Hall–Kier alpha value is -2.11. The Morgan fingerprint density at radius 2 is 2.00 bits per heavy atom. The van der Waals surface area contributed by atoms with Crippen molar-refractivity contribution in [1.82, 2.24) is 9.88 Å². The minimum absolute atomic E-state index is 0. The normalized spacial score (nSPS) is 23.9. The molecule has 1 aliphatic carbocycles. The molecule has 5 nitrogen and oxygen atoms in total. The van der Waals surface area contributed by atoms with Crippen molar-refractivity contribution in [2.45, 2.75) is 32.2 Å². The zero-order valence-corrected chi connectivity index (χ0v) is 16.1. The summed E-state index contributed by atoms with van der Waals surface area (Å²) in [6.07, 6.45) is 6.04. The molecule has 0 unspecified atom stereocenters. The van der Waals surface area contributed by atoms with Crippen LogP contribution in [-0.4, -0.2) is 23.6 Å². The average Bonchev–Trinajstić information content (AvgIpc) is 3.11. The van der Waals surface area contributed by atoms with Crippen molar-refractivity contribution in [2.75, 3.05) is 18.4 Å². The minimum Gasteiger partial charge on any atom is -0.321 e. The van der Waals surface area contributed by atoms with Crippen molar-refractivity contribution in [2.24, 2.45) is 11.3 Å². The first-order chi connectivity index (χ1) is 12.7. The molecule has 27 heavy (non-hydrogen) atoms. The van der Waals surface area contributed by atoms with Crippen LogP contribution in [-0.2, 0) is 11.3 Å². The third kappa shape index (κ3) is 3.80. The van der Waals surface area contributed by atoms with Crippen LogP contribution < -0.4 is 16.2 Å². The monoisotopic (exact) mass is 387 g/mol. The van der Waals surface area contributed by atoms with Crippen LogP contribution in [0.1, 0.15) is 31.2 Å². The largest absolute Gasteiger partial charge is 0.321 e. The van der Waals surface area contributed by atoms with Gasteiger partial charge in [-0.3, -0.25) is 9.59 Å². The molecular formula is C21H26ClN3O2. The number of nitrogens with one attached hydrogen (secondary N) is 2. The quantitative estimate of drug-likeness (QED) is 0.847. The zero-order valence-electron chi connectivity index (χ0n) is 15.3. The van der Waals surface area contributed by atoms with Gasteiger partial charge in [-0.1, -0.05) is 43.2 Å². The van der Waals surface area contributed by atoms with Gasteiger partial charge < -0.3 is 15.2 Å². The topological polar surface area (TPSA) is 63.1 Å². The van der Waals surface area contributed by atoms with Crippen LogP contribution in [0.3, 0.4) is 0 Å². The maximum absolute atomic E-state index is 13.1. The van der Waals surface area contributed by atoms with E-state index in [1.807, 2.05) is 36.4 Å². The van der Waals surface area contributed by atoms with E-state index in [0.717, 1.165) is 31.4 Å². The molecule has 1 amide bonds. The minimum atomic E-state index is -0.356. The molecule has 144 valence electrons. The molecule has 4 rings (SSSR count). The fourth-order valence-electron chi connectivity index (χ4n) is 4.47. The summed E-state index contributed by atoms with van der Waals surface area (Å²) >= 11 is 0. The molecule has 1 aromatic heterocycles. The molecule has 6 heteroatoms. The van der Waals surface area contributed by atoms with E-state index in [0.29, 0.717) is 24.7 Å². The predicted octanol–water partition coefficient (Wildman–Crippen LogP) is 3.04. The Kier molecular flexibility index (Phi) is 6.02. The summed E-state index contributed by atoms with van der Waals surface area (Å²) in [7, 11) is 0. The summed E-state index contributed by atoms with van der Waals surface area (Å²) in [5, 5.41) is 6.34. The van der Waals surface area contributed by atoms with Crippen LogP contribution >= 0.6 is 12.4 Å². The van der Waals surface area contributed by atoms with Crippen molar-refractivity contribution in [3.8, 4) is 0 Å². The number of hydrogen-bond acceptors (Lipinski definition) is 3. The van der Waals surface area contributed by atoms with Gasteiger partial charge in [0.2, 0.25) is 5.91 Å². The van der Waals surface area contributed by atoms with E-state index < -0.39 is 0 Å². The number of rotatable bonds is 4. The maximum atomic E-state index is 13.1. The van der Waals surface area contributed by atoms with Crippen molar-refractivity contribution in [1.29, 1.82) is 0 Å². The molecule has 1 aromatic carbocycles. The van der Waals surface area contributed by atoms with Crippen LogP contribution in [0.5, 0.6) is 0 Å². The van der Waals surface area contributed by atoms with Crippen molar-refractivity contribution in [3.05, 3.63) is 64.6 Å². The first-order valence-electron chi connectivity index (χ1n) is 9.45. The fraction of sp³-hybridized carbons (Fsp3) is 0.429. The highest BCUT2D eigenvalue weighted by Gasteiger charge is 2.49. The van der Waals surface area contributed by atoms with E-state index in [1.165, 1.54) is 6.42 Å². The van der Waals surface area contributed by atoms with Gasteiger partial charge in [-0.2, -0.15) is 0 Å². The molecule has 2 fully saturated rings. The number of benzene rings is 1. The molecule has 2 N–H and O–H groups in total. The Morgan fingerprint density at radius 1 is 1.19 bits per heavy atom. The van der Waals surface area contributed by atoms with Gasteiger partial charge in [-0.15, -0.1) is 12.4 Å². The summed E-state index contributed by atoms with van der Waals surface area (Å²) in [5.41, 5.74) is 0.924. The molecule has 2 aliphatic rings. The summed E-state index contributed by atoms with van der Waals surface area (Å²) in [6.45, 7) is 2.12. The summed E-state index contributed by atoms with van der Waals surface area (Å²) in [6, 6.07) is 13.4. The molecule has 2 aromatic rings. The summed E-state index contributed by atoms with van der Waals surface area (Å²) < 4.78 is 1.65. The van der Waals surface area contributed by atoms with Gasteiger partial charge >= 0.3 is 0 Å². The lowest BCUT2D eigenvalue weighted by Crippen LogP contribution is -2.45. The first kappa shape index (κ1) is 19.6. The lowest BCUT2D eigenvalue weighted by molar-refractivity contribution is -0.128. The highest BCUT2D eigenvalue weighted by molar-refractivity contribution is 5.96. The Balaban J connectivity index is 0.00000210. The molecule has 0 radical (unpaired) electrons. The average molecular weight is 388 g/mol. The summed E-state index contributed by atoms with van der Waals surface area (Å²) in [5.74, 6) is 0.383. The SMILES string of the molecule is Cl.O=C(Nc1cccn(Cc2ccccc2)c1=O)[C@@]12CCCC[C@H]1CNC2. The number of anilines is 1. The van der Waals surface area contributed by atoms with Gasteiger partial charge in [0, 0.05) is 12.7 Å². The molecule has 2 heterocycles. The van der Waals surface area contributed by atoms with Crippen LogP contribution in [0, 0.1) is 11.3 Å². The van der Waals surface area contributed by atoms with Crippen molar-refractivity contribution < 1.29 is 4.79 Å². The first-order valence-corrected chi connectivity index (χ1v) is 9.45. The van der Waals surface area contributed by atoms with Crippen molar-refractivity contribution in [3.63, 3.8) is 0 Å². The number of halogens is 1. The highest BCUT2D eigenvalue weighted by atomic mass is 35.5. The lowest BCUT2D eigenvalue weighted by Gasteiger charge is -2.37. The van der Waals surface area contributed by atoms with E-state index in [1.54, 1.807) is 16.8 Å². The van der Waals surface area contributed by atoms with Gasteiger partial charge in [0.1, 0.15) is 5.69 Å². The highest BCUT2D eigenvalue weighted by Crippen LogP contribution is 2.44. The second kappa shape index (κ2) is 8.28. The molecular weight excluding hydrogens is 362 g/mol. The Bertz CT molecular complexity index is 852. The third-order valence-electron chi connectivity index (χ3n) is 5.95. The number of nitrogens with zero attached hydrogens (tertiary/aromatic N) is 1. The van der Waals surface area contributed by atoms with Crippen molar-refractivity contribution >= 4 is 24.0 Å². The predicted molar refractivity (Wildman–Crippen MR) is 109 cm³/mol. The van der Waals surface area contributed by atoms with Gasteiger partial charge in [-0.25, -0.2) is 0 Å². The smallest absolute Gasteiger partial charge is 0.274 e. The number of pyridine rings is 1. The number of aromatic nitrogens is 1. The van der Waals surface area contributed by atoms with E-state index in [2.05, 4.69) is 10.6 Å². The van der Waals surface area contributed by atoms with Gasteiger partial charge in [0.25, 0.3) is 5.56 Å². The number of amides is 1. The van der Waals surface area contributed by atoms with Crippen LogP contribution in [0.4, 0.5) is 5.69 Å². The maximum Gasteiger partial charge on any atom is 0.274 e. The summed E-state index contributed by atoms with van der Waals surface area (Å²) in [4.78, 5) is 25.9. The van der Waals surface area contributed by atoms with E-state index in [9.17, 15) is 9.59 Å². The second-order valence-corrected chi connectivity index (χ2v) is 7.52. The number of hydrogen-bond donors (Lipinski definition) is 2. The standard InChI is InChI=1S/C21H25N3O2.ClH/c25-19-18(10-6-12-24(19)14-16-7-2-1-3-8-16)23-20(26)21-11-5-4-9-17(21)13-22-15-21;/h1-3,6-8,10,12,17,22H,4-5,9,11,13-15H2,(H,23,26);1H/t17-,21+;/m0./s1. The molecule has 0 spiro atoms. The number of fused-ring (bicyclic) bond motifs is 1. The third-order valence-corrected chi connectivity index (χ3v) is 5.95. The van der Waals surface area contributed by atoms with Gasteiger partial charge in [0.15, 0.2) is 0 Å². The number of carbonyl (C=O) groups is 1. The molecule has 1 saturated carbocycles. The van der Waals surface area contributed by atoms with E-state index in [4.69, 9.17) is 0 Å². The molecule has 2 atom stereocenters. The van der Waals surface area contributed by atoms with Crippen LogP contribution in [0.25, 0.3) is 0 Å². The van der Waals surface area contributed by atoms with Gasteiger partial charge in [0.05, 0.1) is 12.0 Å². The molecule has 1 aliphatic heterocycles. The molecule has 1 saturated heterocycles. The van der Waals surface area contributed by atoms with E-state index >= 15 is 0 Å². The molecule has 0 bridgehead atoms. The lowest BCUT2D eigenvalue weighted by atomic mass is 9.67. The van der Waals surface area contributed by atoms with Gasteiger partial charge in [-0.05, 0) is 43.0 Å². The zero-order chi connectivity index (χ0) is 18.0. The van der Waals surface area contributed by atoms with Crippen LogP contribution in [0.2, 0.25) is 0 Å². The van der Waals surface area contributed by atoms with Crippen LogP contribution in [0.15, 0.2) is 53.5 Å². The van der Waals surface area contributed by atoms with E-state index in [-0.39, 0.29) is 29.3 Å². The second-order valence-electron chi connectivity index (χ2n) is 7.52. The number of carbonyl (C=O) groups excluding carboxylic acids is 1. The Labute approximate surface area is 165 Å². The fourth-order valence-corrected chi connectivity index (χ4v) is 4.47. The Morgan fingerprint density at radius 3 is 2.81 bits per heavy atom.